The van der Waals surface area contributed by atoms with Crippen LogP contribution < -0.4 is 5.32 Å². The normalized spacial score (nSPS) is 13.1. The summed E-state index contributed by atoms with van der Waals surface area (Å²) < 4.78 is 10.3. The Kier molecular flexibility index (Phi) is 5.46. The Bertz CT molecular complexity index is 311. The van der Waals surface area contributed by atoms with Gasteiger partial charge in [0.25, 0.3) is 0 Å². The van der Waals surface area contributed by atoms with Crippen molar-refractivity contribution in [1.29, 1.82) is 0 Å². The van der Waals surface area contributed by atoms with Crippen molar-refractivity contribution in [1.82, 2.24) is 5.32 Å². The molecule has 90 valence electrons. The first-order chi connectivity index (χ1) is 7.69. The highest BCUT2D eigenvalue weighted by Crippen LogP contribution is 2.16. The van der Waals surface area contributed by atoms with E-state index in [1.807, 2.05) is 0 Å². The summed E-state index contributed by atoms with van der Waals surface area (Å²) in [6.07, 6.45) is -0.188. The summed E-state index contributed by atoms with van der Waals surface area (Å²) in [6, 6.07) is 8.68. The molecule has 0 saturated carbocycles. The maximum atomic E-state index is 5.13. The van der Waals surface area contributed by atoms with Crippen LogP contribution in [0.5, 0.6) is 0 Å². The quantitative estimate of drug-likeness (QED) is 0.750. The summed E-state index contributed by atoms with van der Waals surface area (Å²) >= 11 is 0. The lowest BCUT2D eigenvalue weighted by molar-refractivity contribution is -0.0997. The molecule has 0 heterocycles. The second kappa shape index (κ2) is 6.63. The predicted molar refractivity (Wildman–Crippen MR) is 65.4 cm³/mol. The predicted octanol–water partition coefficient (Wildman–Crippen LogP) is 2.26. The first-order valence-electron chi connectivity index (χ1n) is 5.53. The SMILES string of the molecule is COC(CN[C@H](C)c1ccccc1C)OC. The lowest BCUT2D eigenvalue weighted by atomic mass is 10.0. The van der Waals surface area contributed by atoms with E-state index in [2.05, 4.69) is 43.4 Å². The highest BCUT2D eigenvalue weighted by Gasteiger charge is 2.10. The number of aryl methyl sites for hydroxylation is 1. The molecular weight excluding hydrogens is 202 g/mol. The third-order valence-corrected chi connectivity index (χ3v) is 2.77. The second-order valence-corrected chi connectivity index (χ2v) is 3.89. The fourth-order valence-corrected chi connectivity index (χ4v) is 1.72. The van der Waals surface area contributed by atoms with Crippen molar-refractivity contribution in [2.24, 2.45) is 0 Å². The van der Waals surface area contributed by atoms with Gasteiger partial charge in [-0.15, -0.1) is 0 Å². The van der Waals surface area contributed by atoms with E-state index in [1.54, 1.807) is 14.2 Å². The van der Waals surface area contributed by atoms with Gasteiger partial charge in [0.1, 0.15) is 0 Å². The van der Waals surface area contributed by atoms with Crippen LogP contribution in [0.25, 0.3) is 0 Å². The summed E-state index contributed by atoms with van der Waals surface area (Å²) in [4.78, 5) is 0. The van der Waals surface area contributed by atoms with Crippen LogP contribution in [0.1, 0.15) is 24.1 Å². The molecule has 1 rings (SSSR count). The van der Waals surface area contributed by atoms with Crippen LogP contribution in [0.2, 0.25) is 0 Å². The molecule has 0 aromatic heterocycles. The van der Waals surface area contributed by atoms with Crippen LogP contribution in [0.3, 0.4) is 0 Å². The van der Waals surface area contributed by atoms with E-state index in [0.717, 1.165) is 0 Å². The minimum absolute atomic E-state index is 0.188. The molecule has 0 fully saturated rings. The molecule has 3 heteroatoms. The molecule has 0 bridgehead atoms. The molecule has 0 aliphatic heterocycles. The van der Waals surface area contributed by atoms with Gasteiger partial charge >= 0.3 is 0 Å². The van der Waals surface area contributed by atoms with Crippen molar-refractivity contribution in [2.45, 2.75) is 26.2 Å². The van der Waals surface area contributed by atoms with Crippen molar-refractivity contribution in [3.8, 4) is 0 Å². The summed E-state index contributed by atoms with van der Waals surface area (Å²) in [6.45, 7) is 4.95. The Balaban J connectivity index is 2.52. The molecule has 0 spiro atoms. The van der Waals surface area contributed by atoms with E-state index in [0.29, 0.717) is 12.6 Å². The van der Waals surface area contributed by atoms with E-state index >= 15 is 0 Å². The lowest BCUT2D eigenvalue weighted by Crippen LogP contribution is -2.31. The molecule has 1 aromatic rings. The Morgan fingerprint density at radius 1 is 1.19 bits per heavy atom. The van der Waals surface area contributed by atoms with Crippen LogP contribution in [-0.2, 0) is 9.47 Å². The fraction of sp³-hybridized carbons (Fsp3) is 0.538. The Morgan fingerprint density at radius 3 is 2.38 bits per heavy atom. The molecule has 1 atom stereocenters. The Labute approximate surface area is 97.8 Å². The van der Waals surface area contributed by atoms with Gasteiger partial charge in [0.05, 0.1) is 0 Å². The van der Waals surface area contributed by atoms with Gasteiger partial charge in [-0.2, -0.15) is 0 Å². The average molecular weight is 223 g/mol. The molecular formula is C13H21NO2. The number of nitrogens with one attached hydrogen (secondary N) is 1. The largest absolute Gasteiger partial charge is 0.355 e. The van der Waals surface area contributed by atoms with Crippen molar-refractivity contribution in [3.63, 3.8) is 0 Å². The van der Waals surface area contributed by atoms with Gasteiger partial charge in [-0.1, -0.05) is 24.3 Å². The van der Waals surface area contributed by atoms with Gasteiger partial charge in [0.15, 0.2) is 6.29 Å². The van der Waals surface area contributed by atoms with Crippen molar-refractivity contribution in [3.05, 3.63) is 35.4 Å². The Morgan fingerprint density at radius 2 is 1.81 bits per heavy atom. The van der Waals surface area contributed by atoms with Crippen LogP contribution in [-0.4, -0.2) is 27.1 Å². The number of rotatable bonds is 6. The highest BCUT2D eigenvalue weighted by molar-refractivity contribution is 5.28. The smallest absolute Gasteiger partial charge is 0.169 e. The van der Waals surface area contributed by atoms with Gasteiger partial charge in [-0.05, 0) is 25.0 Å². The third-order valence-electron chi connectivity index (χ3n) is 2.77. The van der Waals surface area contributed by atoms with Crippen LogP contribution in [0.4, 0.5) is 0 Å². The van der Waals surface area contributed by atoms with E-state index < -0.39 is 0 Å². The highest BCUT2D eigenvalue weighted by atomic mass is 16.7. The monoisotopic (exact) mass is 223 g/mol. The number of hydrogen-bond acceptors (Lipinski definition) is 3. The van der Waals surface area contributed by atoms with Crippen LogP contribution >= 0.6 is 0 Å². The van der Waals surface area contributed by atoms with Crippen LogP contribution in [0, 0.1) is 6.92 Å². The van der Waals surface area contributed by atoms with Gasteiger partial charge in [0, 0.05) is 26.8 Å². The molecule has 16 heavy (non-hydrogen) atoms. The minimum Gasteiger partial charge on any atom is -0.355 e. The summed E-state index contributed by atoms with van der Waals surface area (Å²) in [5.74, 6) is 0. The molecule has 0 aliphatic carbocycles. The van der Waals surface area contributed by atoms with E-state index in [4.69, 9.17) is 9.47 Å². The number of hydrogen-bond donors (Lipinski definition) is 1. The van der Waals surface area contributed by atoms with E-state index in [1.165, 1.54) is 11.1 Å². The Hall–Kier alpha value is -0.900. The first-order valence-corrected chi connectivity index (χ1v) is 5.53. The third kappa shape index (κ3) is 3.59. The van der Waals surface area contributed by atoms with Crippen molar-refractivity contribution < 1.29 is 9.47 Å². The van der Waals surface area contributed by atoms with E-state index in [9.17, 15) is 0 Å². The zero-order valence-corrected chi connectivity index (χ0v) is 10.5. The fourth-order valence-electron chi connectivity index (χ4n) is 1.72. The minimum atomic E-state index is -0.188. The van der Waals surface area contributed by atoms with Gasteiger partial charge in [-0.3, -0.25) is 0 Å². The molecule has 0 unspecified atom stereocenters. The molecule has 0 aliphatic rings. The maximum absolute atomic E-state index is 5.13. The van der Waals surface area contributed by atoms with Crippen molar-refractivity contribution in [2.75, 3.05) is 20.8 Å². The lowest BCUT2D eigenvalue weighted by Gasteiger charge is -2.20. The number of ether oxygens (including phenoxy) is 2. The molecule has 1 aromatic carbocycles. The van der Waals surface area contributed by atoms with Crippen molar-refractivity contribution >= 4 is 0 Å². The van der Waals surface area contributed by atoms with E-state index in [-0.39, 0.29) is 6.29 Å². The molecule has 0 radical (unpaired) electrons. The summed E-state index contributed by atoms with van der Waals surface area (Å²) in [5.41, 5.74) is 2.61. The maximum Gasteiger partial charge on any atom is 0.169 e. The molecule has 3 nitrogen and oxygen atoms in total. The van der Waals surface area contributed by atoms with Crippen LogP contribution in [0.15, 0.2) is 24.3 Å². The standard InChI is InChI=1S/C13H21NO2/c1-10-7-5-6-8-12(10)11(2)14-9-13(15-3)16-4/h5-8,11,13-14H,9H2,1-4H3/t11-/m1/s1. The number of benzene rings is 1. The summed E-state index contributed by atoms with van der Waals surface area (Å²) in [7, 11) is 3.29. The van der Waals surface area contributed by atoms with Gasteiger partial charge in [-0.25, -0.2) is 0 Å². The molecule has 0 saturated heterocycles. The topological polar surface area (TPSA) is 30.5 Å². The molecule has 1 N–H and O–H groups in total. The van der Waals surface area contributed by atoms with Gasteiger partial charge < -0.3 is 14.8 Å². The average Bonchev–Trinajstić information content (AvgIpc) is 2.30. The zero-order chi connectivity index (χ0) is 12.0. The summed E-state index contributed by atoms with van der Waals surface area (Å²) in [5, 5.41) is 3.39. The first kappa shape index (κ1) is 13.2. The number of methoxy groups -OCH3 is 2. The van der Waals surface area contributed by atoms with Gasteiger partial charge in [0.2, 0.25) is 0 Å². The second-order valence-electron chi connectivity index (χ2n) is 3.89. The molecule has 0 amide bonds. The zero-order valence-electron chi connectivity index (χ0n) is 10.5.